The lowest BCUT2D eigenvalue weighted by Gasteiger charge is -2.38. The highest BCUT2D eigenvalue weighted by Crippen LogP contribution is 2.26. The zero-order valence-electron chi connectivity index (χ0n) is 10.4. The number of fused-ring (bicyclic) bond motifs is 1. The molecule has 0 amide bonds. The molecule has 0 radical (unpaired) electrons. The minimum absolute atomic E-state index is 0.777. The molecular formula is C15H22N2. The molecule has 92 valence electrons. The van der Waals surface area contributed by atoms with Crippen molar-refractivity contribution < 1.29 is 0 Å². The largest absolute Gasteiger partial charge is 0.311 e. The Bertz CT molecular complexity index is 349. The van der Waals surface area contributed by atoms with Crippen molar-refractivity contribution in [3.63, 3.8) is 0 Å². The number of nitrogens with zero attached hydrogens (tertiary/aromatic N) is 1. The quantitative estimate of drug-likeness (QED) is 0.855. The first-order valence-corrected chi connectivity index (χ1v) is 6.95. The maximum atomic E-state index is 3.67. The van der Waals surface area contributed by atoms with Crippen molar-refractivity contribution in [3.05, 3.63) is 35.9 Å². The van der Waals surface area contributed by atoms with Gasteiger partial charge in [0.2, 0.25) is 0 Å². The number of piperazine rings is 1. The van der Waals surface area contributed by atoms with E-state index in [0.717, 1.165) is 12.1 Å². The van der Waals surface area contributed by atoms with Gasteiger partial charge in [-0.3, -0.25) is 4.90 Å². The Morgan fingerprint density at radius 3 is 2.94 bits per heavy atom. The number of benzene rings is 1. The number of rotatable bonds is 3. The monoisotopic (exact) mass is 230 g/mol. The second kappa shape index (κ2) is 5.19. The summed E-state index contributed by atoms with van der Waals surface area (Å²) in [6.45, 7) is 3.64. The van der Waals surface area contributed by atoms with Crippen LogP contribution in [0, 0.1) is 0 Å². The van der Waals surface area contributed by atoms with E-state index in [4.69, 9.17) is 0 Å². The van der Waals surface area contributed by atoms with E-state index in [2.05, 4.69) is 40.5 Å². The van der Waals surface area contributed by atoms with Crippen molar-refractivity contribution in [2.45, 2.75) is 37.8 Å². The Morgan fingerprint density at radius 1 is 1.18 bits per heavy atom. The highest BCUT2D eigenvalue weighted by molar-refractivity contribution is 5.15. The van der Waals surface area contributed by atoms with E-state index in [9.17, 15) is 0 Å². The standard InChI is InChI=1S/C15H22N2/c1-2-5-13(6-3-1)9-11-17-12-10-16-14-7-4-8-15(14)17/h1-3,5-6,14-16H,4,7-12H2/t14-,15+/m1/s1. The van der Waals surface area contributed by atoms with E-state index in [1.807, 2.05) is 0 Å². The normalized spacial score (nSPS) is 29.2. The van der Waals surface area contributed by atoms with Gasteiger partial charge in [-0.05, 0) is 24.8 Å². The van der Waals surface area contributed by atoms with Gasteiger partial charge in [0, 0.05) is 31.7 Å². The summed E-state index contributed by atoms with van der Waals surface area (Å²) in [6.07, 6.45) is 5.38. The van der Waals surface area contributed by atoms with E-state index >= 15 is 0 Å². The second-order valence-electron chi connectivity index (χ2n) is 5.33. The zero-order valence-corrected chi connectivity index (χ0v) is 10.4. The molecule has 1 heterocycles. The molecule has 3 rings (SSSR count). The van der Waals surface area contributed by atoms with E-state index in [1.54, 1.807) is 0 Å². The van der Waals surface area contributed by atoms with Crippen molar-refractivity contribution in [2.24, 2.45) is 0 Å². The molecular weight excluding hydrogens is 208 g/mol. The topological polar surface area (TPSA) is 15.3 Å². The highest BCUT2D eigenvalue weighted by Gasteiger charge is 2.34. The molecule has 1 aliphatic heterocycles. The van der Waals surface area contributed by atoms with Gasteiger partial charge in [-0.1, -0.05) is 36.8 Å². The van der Waals surface area contributed by atoms with Crippen LogP contribution < -0.4 is 5.32 Å². The number of hydrogen-bond donors (Lipinski definition) is 1. The third-order valence-corrected chi connectivity index (χ3v) is 4.28. The first-order chi connectivity index (χ1) is 8.43. The summed E-state index contributed by atoms with van der Waals surface area (Å²) < 4.78 is 0. The molecule has 2 aliphatic rings. The van der Waals surface area contributed by atoms with E-state index in [0.29, 0.717) is 0 Å². The molecule has 0 aromatic heterocycles. The summed E-state index contributed by atoms with van der Waals surface area (Å²) >= 11 is 0. The van der Waals surface area contributed by atoms with Gasteiger partial charge >= 0.3 is 0 Å². The predicted octanol–water partition coefficient (Wildman–Crippen LogP) is 2.06. The molecule has 1 aliphatic carbocycles. The van der Waals surface area contributed by atoms with Gasteiger partial charge in [0.25, 0.3) is 0 Å². The van der Waals surface area contributed by atoms with Gasteiger partial charge in [0.15, 0.2) is 0 Å². The number of hydrogen-bond acceptors (Lipinski definition) is 2. The fourth-order valence-corrected chi connectivity index (χ4v) is 3.37. The van der Waals surface area contributed by atoms with Crippen LogP contribution in [-0.4, -0.2) is 36.6 Å². The van der Waals surface area contributed by atoms with Crippen LogP contribution in [0.1, 0.15) is 24.8 Å². The molecule has 1 saturated carbocycles. The van der Waals surface area contributed by atoms with E-state index in [-0.39, 0.29) is 0 Å². The lowest BCUT2D eigenvalue weighted by atomic mass is 10.1. The van der Waals surface area contributed by atoms with Crippen LogP contribution in [0.5, 0.6) is 0 Å². The smallest absolute Gasteiger partial charge is 0.0250 e. The van der Waals surface area contributed by atoms with Crippen LogP contribution >= 0.6 is 0 Å². The summed E-state index contributed by atoms with van der Waals surface area (Å²) in [7, 11) is 0. The Kier molecular flexibility index (Phi) is 3.44. The van der Waals surface area contributed by atoms with Gasteiger partial charge < -0.3 is 5.32 Å². The first-order valence-electron chi connectivity index (χ1n) is 6.95. The average Bonchev–Trinajstić information content (AvgIpc) is 2.86. The van der Waals surface area contributed by atoms with Crippen molar-refractivity contribution in [2.75, 3.05) is 19.6 Å². The minimum Gasteiger partial charge on any atom is -0.311 e. The third kappa shape index (κ3) is 2.53. The Hall–Kier alpha value is -0.860. The summed E-state index contributed by atoms with van der Waals surface area (Å²) in [5.74, 6) is 0. The molecule has 0 unspecified atom stereocenters. The predicted molar refractivity (Wildman–Crippen MR) is 71.1 cm³/mol. The molecule has 0 bridgehead atoms. The summed E-state index contributed by atoms with van der Waals surface area (Å²) in [5.41, 5.74) is 1.47. The number of nitrogens with one attached hydrogen (secondary N) is 1. The lowest BCUT2D eigenvalue weighted by Crippen LogP contribution is -2.55. The van der Waals surface area contributed by atoms with E-state index < -0.39 is 0 Å². The van der Waals surface area contributed by atoms with Crippen LogP contribution in [0.4, 0.5) is 0 Å². The molecule has 0 spiro atoms. The SMILES string of the molecule is c1ccc(CCN2CCN[C@@H]3CCC[C@@H]32)cc1. The molecule has 17 heavy (non-hydrogen) atoms. The lowest BCUT2D eigenvalue weighted by molar-refractivity contribution is 0.138. The molecule has 1 N–H and O–H groups in total. The summed E-state index contributed by atoms with van der Waals surface area (Å²) in [6, 6.07) is 12.5. The molecule has 1 saturated heterocycles. The fraction of sp³-hybridized carbons (Fsp3) is 0.600. The fourth-order valence-electron chi connectivity index (χ4n) is 3.37. The molecule has 2 atom stereocenters. The highest BCUT2D eigenvalue weighted by atomic mass is 15.2. The molecule has 2 nitrogen and oxygen atoms in total. The van der Waals surface area contributed by atoms with Crippen molar-refractivity contribution in [3.8, 4) is 0 Å². The van der Waals surface area contributed by atoms with Crippen LogP contribution in [0.15, 0.2) is 30.3 Å². The molecule has 1 aromatic rings. The van der Waals surface area contributed by atoms with Crippen molar-refractivity contribution >= 4 is 0 Å². The molecule has 1 aromatic carbocycles. The van der Waals surface area contributed by atoms with Crippen LogP contribution in [0.2, 0.25) is 0 Å². The van der Waals surface area contributed by atoms with Gasteiger partial charge in [-0.2, -0.15) is 0 Å². The minimum atomic E-state index is 0.777. The maximum Gasteiger partial charge on any atom is 0.0250 e. The van der Waals surface area contributed by atoms with Gasteiger partial charge in [0.1, 0.15) is 0 Å². The summed E-state index contributed by atoms with van der Waals surface area (Å²) in [5, 5.41) is 3.67. The van der Waals surface area contributed by atoms with Crippen LogP contribution in [0.25, 0.3) is 0 Å². The second-order valence-corrected chi connectivity index (χ2v) is 5.33. The molecule has 2 fully saturated rings. The van der Waals surface area contributed by atoms with Crippen molar-refractivity contribution in [1.29, 1.82) is 0 Å². The first kappa shape index (κ1) is 11.2. The Balaban J connectivity index is 1.57. The maximum absolute atomic E-state index is 3.67. The third-order valence-electron chi connectivity index (χ3n) is 4.28. The van der Waals surface area contributed by atoms with Crippen LogP contribution in [-0.2, 0) is 6.42 Å². The zero-order chi connectivity index (χ0) is 11.5. The van der Waals surface area contributed by atoms with Gasteiger partial charge in [-0.15, -0.1) is 0 Å². The van der Waals surface area contributed by atoms with Crippen molar-refractivity contribution in [1.82, 2.24) is 10.2 Å². The Labute approximate surface area is 104 Å². The van der Waals surface area contributed by atoms with Gasteiger partial charge in [-0.25, -0.2) is 0 Å². The summed E-state index contributed by atoms with van der Waals surface area (Å²) in [4.78, 5) is 2.71. The average molecular weight is 230 g/mol. The Morgan fingerprint density at radius 2 is 2.06 bits per heavy atom. The molecule has 2 heteroatoms. The van der Waals surface area contributed by atoms with Gasteiger partial charge in [0.05, 0.1) is 0 Å². The van der Waals surface area contributed by atoms with E-state index in [1.165, 1.54) is 50.9 Å². The van der Waals surface area contributed by atoms with Crippen LogP contribution in [0.3, 0.4) is 0 Å².